The first-order valence-electron chi connectivity index (χ1n) is 7.35. The number of nitrogens with one attached hydrogen (secondary N) is 1. The minimum Gasteiger partial charge on any atom is -0.283 e. The van der Waals surface area contributed by atoms with Crippen molar-refractivity contribution >= 4 is 16.9 Å². The number of rotatable bonds is 1. The lowest BCUT2D eigenvalue weighted by atomic mass is 10.3. The second-order valence-electron chi connectivity index (χ2n) is 5.72. The summed E-state index contributed by atoms with van der Waals surface area (Å²) in [5, 5.41) is 0. The van der Waals surface area contributed by atoms with E-state index in [4.69, 9.17) is 0 Å². The second-order valence-corrected chi connectivity index (χ2v) is 5.72. The molecule has 122 valence electrons. The maximum atomic E-state index is 13.2. The minimum absolute atomic E-state index is 0.303. The number of fused-ring (bicyclic) bond motifs is 3. The summed E-state index contributed by atoms with van der Waals surface area (Å²) in [6.07, 6.45) is 0. The smallest absolute Gasteiger partial charge is 0.283 e. The molecule has 3 aromatic heterocycles. The van der Waals surface area contributed by atoms with E-state index in [1.54, 1.807) is 23.6 Å². The van der Waals surface area contributed by atoms with E-state index in [2.05, 4.69) is 9.97 Å². The van der Waals surface area contributed by atoms with Crippen molar-refractivity contribution in [3.05, 3.63) is 62.3 Å². The number of hydrogen-bond donors (Lipinski definition) is 1. The number of halogens is 1. The highest BCUT2D eigenvalue weighted by molar-refractivity contribution is 5.77. The zero-order valence-corrected chi connectivity index (χ0v) is 13.3. The van der Waals surface area contributed by atoms with Crippen LogP contribution in [0.2, 0.25) is 0 Å². The highest BCUT2D eigenvalue weighted by Gasteiger charge is 2.21. The highest BCUT2D eigenvalue weighted by Crippen LogP contribution is 2.24. The van der Waals surface area contributed by atoms with Gasteiger partial charge >= 0.3 is 5.69 Å². The number of aryl methyl sites for hydroxylation is 2. The second kappa shape index (κ2) is 4.67. The van der Waals surface area contributed by atoms with Crippen LogP contribution < -0.4 is 11.2 Å². The fourth-order valence-corrected chi connectivity index (χ4v) is 3.01. The third-order valence-corrected chi connectivity index (χ3v) is 4.38. The van der Waals surface area contributed by atoms with Crippen molar-refractivity contribution in [1.82, 2.24) is 23.5 Å². The van der Waals surface area contributed by atoms with Crippen molar-refractivity contribution in [2.45, 2.75) is 13.8 Å². The number of aromatic amines is 1. The lowest BCUT2D eigenvalue weighted by molar-refractivity contribution is 0.627. The molecule has 1 aromatic carbocycles. The van der Waals surface area contributed by atoms with Gasteiger partial charge in [-0.2, -0.15) is 4.98 Å². The molecule has 3 heterocycles. The van der Waals surface area contributed by atoms with Crippen LogP contribution in [0.5, 0.6) is 0 Å². The molecule has 1 N–H and O–H groups in total. The first-order valence-corrected chi connectivity index (χ1v) is 7.35. The predicted octanol–water partition coefficient (Wildman–Crippen LogP) is 1.42. The van der Waals surface area contributed by atoms with Crippen molar-refractivity contribution in [3.63, 3.8) is 0 Å². The number of benzene rings is 1. The summed E-state index contributed by atoms with van der Waals surface area (Å²) in [6, 6.07) is 6.02. The van der Waals surface area contributed by atoms with Crippen LogP contribution in [0.4, 0.5) is 4.39 Å². The monoisotopic (exact) mass is 327 g/mol. The van der Waals surface area contributed by atoms with E-state index in [9.17, 15) is 14.0 Å². The van der Waals surface area contributed by atoms with Gasteiger partial charge in [-0.3, -0.25) is 23.3 Å². The number of H-pyrrole nitrogens is 1. The quantitative estimate of drug-likeness (QED) is 0.574. The van der Waals surface area contributed by atoms with E-state index in [1.165, 1.54) is 16.7 Å². The van der Waals surface area contributed by atoms with Gasteiger partial charge in [0.15, 0.2) is 11.2 Å². The van der Waals surface area contributed by atoms with Crippen LogP contribution in [0.25, 0.3) is 22.6 Å². The van der Waals surface area contributed by atoms with Gasteiger partial charge in [0.25, 0.3) is 5.56 Å². The molecule has 4 rings (SSSR count). The van der Waals surface area contributed by atoms with Crippen molar-refractivity contribution < 1.29 is 4.39 Å². The van der Waals surface area contributed by atoms with Crippen LogP contribution in [0, 0.1) is 19.7 Å². The van der Waals surface area contributed by atoms with Crippen LogP contribution in [0.15, 0.2) is 33.9 Å². The Kier molecular flexibility index (Phi) is 2.81. The Bertz CT molecular complexity index is 1220. The van der Waals surface area contributed by atoms with Gasteiger partial charge in [0.1, 0.15) is 5.82 Å². The van der Waals surface area contributed by atoms with Crippen LogP contribution in [0.1, 0.15) is 11.4 Å². The molecule has 0 aliphatic rings. The van der Waals surface area contributed by atoms with Crippen LogP contribution in [0.3, 0.4) is 0 Å². The van der Waals surface area contributed by atoms with Gasteiger partial charge in [0.05, 0.1) is 0 Å². The van der Waals surface area contributed by atoms with Crippen molar-refractivity contribution in [2.75, 3.05) is 0 Å². The third-order valence-electron chi connectivity index (χ3n) is 4.38. The van der Waals surface area contributed by atoms with Gasteiger partial charge in [-0.15, -0.1) is 0 Å². The molecular formula is C16H14FN5O2. The molecule has 0 spiro atoms. The summed E-state index contributed by atoms with van der Waals surface area (Å²) in [5.41, 5.74) is 2.03. The van der Waals surface area contributed by atoms with E-state index in [0.29, 0.717) is 16.9 Å². The Morgan fingerprint density at radius 1 is 1.08 bits per heavy atom. The van der Waals surface area contributed by atoms with Gasteiger partial charge in [-0.05, 0) is 38.1 Å². The van der Waals surface area contributed by atoms with Gasteiger partial charge in [0, 0.05) is 24.1 Å². The molecular weight excluding hydrogens is 313 g/mol. The molecule has 0 aliphatic carbocycles. The molecule has 24 heavy (non-hydrogen) atoms. The summed E-state index contributed by atoms with van der Waals surface area (Å²) in [6.45, 7) is 3.77. The summed E-state index contributed by atoms with van der Waals surface area (Å²) < 4.78 is 18.1. The van der Waals surface area contributed by atoms with Gasteiger partial charge in [0.2, 0.25) is 5.78 Å². The summed E-state index contributed by atoms with van der Waals surface area (Å²) >= 11 is 0. The predicted molar refractivity (Wildman–Crippen MR) is 87.3 cm³/mol. The maximum absolute atomic E-state index is 13.2. The Morgan fingerprint density at radius 2 is 1.75 bits per heavy atom. The standard InChI is InChI=1S/C16H14FN5O2/c1-8-9(2)22-12-13(20(3)16(24)19-14(12)23)18-15(22)21(8)11-6-4-10(17)5-7-11/h4-7H,1-3H3,(H,19,23,24). The third kappa shape index (κ3) is 1.73. The van der Waals surface area contributed by atoms with Gasteiger partial charge in [-0.1, -0.05) is 0 Å². The molecule has 0 bridgehead atoms. The van der Waals surface area contributed by atoms with Crippen LogP contribution >= 0.6 is 0 Å². The molecule has 0 unspecified atom stereocenters. The average Bonchev–Trinajstić information content (AvgIpc) is 3.04. The van der Waals surface area contributed by atoms with Crippen molar-refractivity contribution in [2.24, 2.45) is 7.05 Å². The summed E-state index contributed by atoms with van der Waals surface area (Å²) in [4.78, 5) is 30.9. The topological polar surface area (TPSA) is 77.1 Å². The summed E-state index contributed by atoms with van der Waals surface area (Å²) in [7, 11) is 1.55. The molecule has 0 atom stereocenters. The number of aromatic nitrogens is 5. The van der Waals surface area contributed by atoms with Crippen LogP contribution in [-0.2, 0) is 7.05 Å². The van der Waals surface area contributed by atoms with Gasteiger partial charge in [-0.25, -0.2) is 9.18 Å². The molecule has 7 nitrogen and oxygen atoms in total. The normalized spacial score (nSPS) is 11.7. The Balaban J connectivity index is 2.22. The minimum atomic E-state index is -0.518. The first-order chi connectivity index (χ1) is 11.4. The van der Waals surface area contributed by atoms with E-state index in [1.807, 2.05) is 18.4 Å². The molecule has 0 amide bonds. The van der Waals surface area contributed by atoms with E-state index in [-0.39, 0.29) is 5.82 Å². The highest BCUT2D eigenvalue weighted by atomic mass is 19.1. The van der Waals surface area contributed by atoms with E-state index < -0.39 is 11.2 Å². The molecule has 0 saturated heterocycles. The van der Waals surface area contributed by atoms with Crippen molar-refractivity contribution in [3.8, 4) is 5.69 Å². The molecule has 8 heteroatoms. The van der Waals surface area contributed by atoms with Crippen LogP contribution in [-0.4, -0.2) is 23.5 Å². The number of imidazole rings is 2. The molecule has 0 fully saturated rings. The molecule has 0 radical (unpaired) electrons. The largest absolute Gasteiger partial charge is 0.329 e. The first kappa shape index (κ1) is 14.4. The lowest BCUT2D eigenvalue weighted by Gasteiger charge is -2.06. The average molecular weight is 327 g/mol. The Hall–Kier alpha value is -3.16. The SMILES string of the molecule is Cc1c(C)n2c3c(=O)[nH]c(=O)n(C)c3nc2n1-c1ccc(F)cc1. The van der Waals surface area contributed by atoms with E-state index >= 15 is 0 Å². The fraction of sp³-hybridized carbons (Fsp3) is 0.188. The van der Waals surface area contributed by atoms with Gasteiger partial charge < -0.3 is 0 Å². The maximum Gasteiger partial charge on any atom is 0.329 e. The van der Waals surface area contributed by atoms with Crippen molar-refractivity contribution in [1.29, 1.82) is 0 Å². The molecule has 0 saturated carbocycles. The lowest BCUT2D eigenvalue weighted by Crippen LogP contribution is -2.28. The zero-order chi connectivity index (χ0) is 17.2. The number of hydrogen-bond acceptors (Lipinski definition) is 3. The molecule has 0 aliphatic heterocycles. The zero-order valence-electron chi connectivity index (χ0n) is 13.3. The molecule has 4 aromatic rings. The Labute approximate surface area is 134 Å². The number of nitrogens with zero attached hydrogens (tertiary/aromatic N) is 4. The summed E-state index contributed by atoms with van der Waals surface area (Å²) in [5.74, 6) is 0.168. The Morgan fingerprint density at radius 3 is 2.42 bits per heavy atom. The fourth-order valence-electron chi connectivity index (χ4n) is 3.01. The van der Waals surface area contributed by atoms with E-state index in [0.717, 1.165) is 17.1 Å².